The standard InChI is InChI=1S/C18H20ClN3O2S/c1-3-23-16-11-13(10-15(19)17(16)24-4-2)12-20-22-18(25)21-14-8-6-5-7-9-14/h5-12H,3-4H2,1-2H3,(H2,21,22,25)/b20-12+. The summed E-state index contributed by atoms with van der Waals surface area (Å²) in [7, 11) is 0. The number of benzene rings is 2. The topological polar surface area (TPSA) is 54.9 Å². The van der Waals surface area contributed by atoms with Gasteiger partial charge in [-0.05, 0) is 55.9 Å². The number of hydrogen-bond acceptors (Lipinski definition) is 4. The molecule has 2 rings (SSSR count). The number of halogens is 1. The van der Waals surface area contributed by atoms with Gasteiger partial charge in [-0.2, -0.15) is 5.10 Å². The molecule has 0 bridgehead atoms. The number of anilines is 1. The number of hydrazone groups is 1. The first-order valence-corrected chi connectivity index (χ1v) is 8.66. The Labute approximate surface area is 158 Å². The number of ether oxygens (including phenoxy) is 2. The molecular formula is C18H20ClN3O2S. The normalized spacial score (nSPS) is 10.5. The zero-order chi connectivity index (χ0) is 18.1. The van der Waals surface area contributed by atoms with Gasteiger partial charge in [0.05, 0.1) is 24.5 Å². The molecule has 0 atom stereocenters. The molecule has 132 valence electrons. The Balaban J connectivity index is 2.03. The Kier molecular flexibility index (Phi) is 7.50. The summed E-state index contributed by atoms with van der Waals surface area (Å²) in [5.41, 5.74) is 4.42. The van der Waals surface area contributed by atoms with E-state index in [1.165, 1.54) is 0 Å². The minimum atomic E-state index is 0.393. The lowest BCUT2D eigenvalue weighted by Gasteiger charge is -2.13. The van der Waals surface area contributed by atoms with Crippen molar-refractivity contribution in [2.24, 2.45) is 5.10 Å². The summed E-state index contributed by atoms with van der Waals surface area (Å²) in [6.45, 7) is 4.82. The van der Waals surface area contributed by atoms with Crippen molar-refractivity contribution >= 4 is 40.8 Å². The molecule has 25 heavy (non-hydrogen) atoms. The fraction of sp³-hybridized carbons (Fsp3) is 0.222. The monoisotopic (exact) mass is 377 g/mol. The van der Waals surface area contributed by atoms with Gasteiger partial charge in [0, 0.05) is 5.69 Å². The summed E-state index contributed by atoms with van der Waals surface area (Å²) in [4.78, 5) is 0. The molecule has 0 aliphatic carbocycles. The van der Waals surface area contributed by atoms with E-state index < -0.39 is 0 Å². The van der Waals surface area contributed by atoms with Gasteiger partial charge in [0.2, 0.25) is 0 Å². The lowest BCUT2D eigenvalue weighted by atomic mass is 10.2. The van der Waals surface area contributed by atoms with Crippen LogP contribution >= 0.6 is 23.8 Å². The zero-order valence-electron chi connectivity index (χ0n) is 14.1. The van der Waals surface area contributed by atoms with Crippen LogP contribution in [0.3, 0.4) is 0 Å². The summed E-state index contributed by atoms with van der Waals surface area (Å²) in [5.74, 6) is 1.13. The van der Waals surface area contributed by atoms with E-state index in [4.69, 9.17) is 33.3 Å². The fourth-order valence-corrected chi connectivity index (χ4v) is 2.50. The van der Waals surface area contributed by atoms with Crippen LogP contribution in [0, 0.1) is 0 Å². The van der Waals surface area contributed by atoms with Gasteiger partial charge in [-0.25, -0.2) is 0 Å². The number of nitrogens with one attached hydrogen (secondary N) is 2. The molecule has 2 aromatic rings. The predicted molar refractivity (Wildman–Crippen MR) is 107 cm³/mol. The van der Waals surface area contributed by atoms with Gasteiger partial charge in [0.15, 0.2) is 16.6 Å². The Hall–Kier alpha value is -2.31. The smallest absolute Gasteiger partial charge is 0.191 e. The third-order valence-electron chi connectivity index (χ3n) is 3.03. The van der Waals surface area contributed by atoms with Gasteiger partial charge in [-0.3, -0.25) is 5.43 Å². The van der Waals surface area contributed by atoms with E-state index in [9.17, 15) is 0 Å². The van der Waals surface area contributed by atoms with Crippen LogP contribution in [0.1, 0.15) is 19.4 Å². The van der Waals surface area contributed by atoms with Crippen LogP contribution in [-0.2, 0) is 0 Å². The second-order valence-electron chi connectivity index (χ2n) is 4.89. The second kappa shape index (κ2) is 9.86. The number of hydrogen-bond donors (Lipinski definition) is 2. The van der Waals surface area contributed by atoms with Gasteiger partial charge in [-0.15, -0.1) is 0 Å². The van der Waals surface area contributed by atoms with Crippen molar-refractivity contribution in [2.45, 2.75) is 13.8 Å². The van der Waals surface area contributed by atoms with Crippen molar-refractivity contribution in [3.8, 4) is 11.5 Å². The maximum absolute atomic E-state index is 6.27. The van der Waals surface area contributed by atoms with E-state index >= 15 is 0 Å². The van der Waals surface area contributed by atoms with Crippen LogP contribution in [0.15, 0.2) is 47.6 Å². The molecule has 7 heteroatoms. The van der Waals surface area contributed by atoms with Crippen molar-refractivity contribution in [1.29, 1.82) is 0 Å². The molecule has 0 spiro atoms. The van der Waals surface area contributed by atoms with Gasteiger partial charge >= 0.3 is 0 Å². The summed E-state index contributed by atoms with van der Waals surface area (Å²) in [6, 6.07) is 13.2. The van der Waals surface area contributed by atoms with Gasteiger partial charge in [0.25, 0.3) is 0 Å². The van der Waals surface area contributed by atoms with Crippen LogP contribution in [-0.4, -0.2) is 24.5 Å². The van der Waals surface area contributed by atoms with Gasteiger partial charge in [0.1, 0.15) is 0 Å². The Bertz CT molecular complexity index is 739. The number of thiocarbonyl (C=S) groups is 1. The summed E-state index contributed by atoms with van der Waals surface area (Å²) in [6.07, 6.45) is 1.61. The molecule has 2 aromatic carbocycles. The highest BCUT2D eigenvalue weighted by Crippen LogP contribution is 2.36. The average Bonchev–Trinajstić information content (AvgIpc) is 2.59. The van der Waals surface area contributed by atoms with Crippen LogP contribution in [0.2, 0.25) is 5.02 Å². The molecule has 0 heterocycles. The molecule has 0 aromatic heterocycles. The van der Waals surface area contributed by atoms with E-state index in [-0.39, 0.29) is 0 Å². The Morgan fingerprint density at radius 3 is 2.56 bits per heavy atom. The molecule has 0 aliphatic heterocycles. The first kappa shape index (κ1) is 19.0. The Morgan fingerprint density at radius 1 is 1.16 bits per heavy atom. The van der Waals surface area contributed by atoms with Crippen LogP contribution in [0.25, 0.3) is 0 Å². The number of nitrogens with zero attached hydrogens (tertiary/aromatic N) is 1. The molecular weight excluding hydrogens is 358 g/mol. The highest BCUT2D eigenvalue weighted by Gasteiger charge is 2.11. The molecule has 5 nitrogen and oxygen atoms in total. The molecule has 0 aliphatic rings. The molecule has 0 unspecified atom stereocenters. The minimum absolute atomic E-state index is 0.393. The van der Waals surface area contributed by atoms with Gasteiger partial charge < -0.3 is 14.8 Å². The first-order valence-electron chi connectivity index (χ1n) is 7.88. The van der Waals surface area contributed by atoms with E-state index in [0.29, 0.717) is 34.8 Å². The Morgan fingerprint density at radius 2 is 1.88 bits per heavy atom. The third-order valence-corrected chi connectivity index (χ3v) is 3.51. The fourth-order valence-electron chi connectivity index (χ4n) is 2.06. The molecule has 2 N–H and O–H groups in total. The highest BCUT2D eigenvalue weighted by atomic mass is 35.5. The molecule has 0 saturated heterocycles. The molecule has 0 radical (unpaired) electrons. The SMILES string of the molecule is CCOc1cc(/C=N/NC(=S)Nc2ccccc2)cc(Cl)c1OCC. The lowest BCUT2D eigenvalue weighted by molar-refractivity contribution is 0.288. The second-order valence-corrected chi connectivity index (χ2v) is 5.70. The van der Waals surface area contributed by atoms with E-state index in [1.807, 2.05) is 50.2 Å². The molecule has 0 amide bonds. The maximum atomic E-state index is 6.27. The van der Waals surface area contributed by atoms with Crippen molar-refractivity contribution < 1.29 is 9.47 Å². The van der Waals surface area contributed by atoms with Crippen molar-refractivity contribution in [3.63, 3.8) is 0 Å². The lowest BCUT2D eigenvalue weighted by Crippen LogP contribution is -2.23. The van der Waals surface area contributed by atoms with E-state index in [1.54, 1.807) is 12.3 Å². The highest BCUT2D eigenvalue weighted by molar-refractivity contribution is 7.80. The van der Waals surface area contributed by atoms with Crippen LogP contribution in [0.4, 0.5) is 5.69 Å². The van der Waals surface area contributed by atoms with Crippen LogP contribution in [0.5, 0.6) is 11.5 Å². The predicted octanol–water partition coefficient (Wildman–Crippen LogP) is 4.46. The summed E-state index contributed by atoms with van der Waals surface area (Å²) >= 11 is 11.5. The first-order chi connectivity index (χ1) is 12.1. The van der Waals surface area contributed by atoms with E-state index in [0.717, 1.165) is 11.3 Å². The van der Waals surface area contributed by atoms with E-state index in [2.05, 4.69) is 15.8 Å². The molecule has 0 saturated carbocycles. The van der Waals surface area contributed by atoms with Crippen molar-refractivity contribution in [2.75, 3.05) is 18.5 Å². The van der Waals surface area contributed by atoms with Crippen LogP contribution < -0.4 is 20.2 Å². The van der Waals surface area contributed by atoms with Crippen molar-refractivity contribution in [1.82, 2.24) is 5.43 Å². The quantitative estimate of drug-likeness (QED) is 0.424. The third kappa shape index (κ3) is 5.92. The minimum Gasteiger partial charge on any atom is -0.490 e. The maximum Gasteiger partial charge on any atom is 0.191 e. The average molecular weight is 378 g/mol. The largest absolute Gasteiger partial charge is 0.490 e. The van der Waals surface area contributed by atoms with Gasteiger partial charge in [-0.1, -0.05) is 29.8 Å². The number of rotatable bonds is 7. The summed E-state index contributed by atoms with van der Waals surface area (Å²) < 4.78 is 11.1. The molecule has 0 fully saturated rings. The number of para-hydroxylation sites is 1. The van der Waals surface area contributed by atoms with Crippen molar-refractivity contribution in [3.05, 3.63) is 53.1 Å². The summed E-state index contributed by atoms with van der Waals surface area (Å²) in [5, 5.41) is 8.02. The zero-order valence-corrected chi connectivity index (χ0v) is 15.7.